The van der Waals surface area contributed by atoms with E-state index in [9.17, 15) is 8.78 Å². The summed E-state index contributed by atoms with van der Waals surface area (Å²) in [7, 11) is 0. The molecule has 0 spiro atoms. The first-order valence-electron chi connectivity index (χ1n) is 2.83. The molecular formula is C5H4ClF2N3O. The van der Waals surface area contributed by atoms with E-state index in [1.165, 1.54) is 0 Å². The van der Waals surface area contributed by atoms with Crippen LogP contribution in [0.25, 0.3) is 0 Å². The van der Waals surface area contributed by atoms with Crippen molar-refractivity contribution in [3.63, 3.8) is 0 Å². The van der Waals surface area contributed by atoms with Crippen LogP contribution < -0.4 is 10.5 Å². The quantitative estimate of drug-likeness (QED) is 0.723. The number of hydrogen-bond acceptors (Lipinski definition) is 4. The van der Waals surface area contributed by atoms with Crippen LogP contribution in [0.5, 0.6) is 5.88 Å². The van der Waals surface area contributed by atoms with E-state index in [4.69, 9.17) is 17.3 Å². The lowest BCUT2D eigenvalue weighted by molar-refractivity contribution is -0.0527. The highest BCUT2D eigenvalue weighted by Crippen LogP contribution is 2.16. The molecule has 2 N–H and O–H groups in total. The largest absolute Gasteiger partial charge is 0.417 e. The van der Waals surface area contributed by atoms with Crippen molar-refractivity contribution in [2.24, 2.45) is 0 Å². The minimum absolute atomic E-state index is 0.0434. The second-order valence-electron chi connectivity index (χ2n) is 1.77. The molecule has 0 aliphatic rings. The van der Waals surface area contributed by atoms with Crippen molar-refractivity contribution in [1.82, 2.24) is 9.97 Å². The second-order valence-corrected chi connectivity index (χ2v) is 2.15. The summed E-state index contributed by atoms with van der Waals surface area (Å²) in [5.74, 6) is -0.555. The van der Waals surface area contributed by atoms with Crippen LogP contribution >= 0.6 is 11.6 Å². The molecule has 0 saturated heterocycles. The van der Waals surface area contributed by atoms with E-state index < -0.39 is 6.61 Å². The highest BCUT2D eigenvalue weighted by atomic mass is 35.5. The zero-order chi connectivity index (χ0) is 9.14. The number of rotatable bonds is 2. The summed E-state index contributed by atoms with van der Waals surface area (Å²) in [6.45, 7) is -2.95. The Balaban J connectivity index is 2.85. The van der Waals surface area contributed by atoms with Crippen LogP contribution in [0.1, 0.15) is 0 Å². The highest BCUT2D eigenvalue weighted by Gasteiger charge is 2.07. The third-order valence-electron chi connectivity index (χ3n) is 0.899. The Kier molecular flexibility index (Phi) is 2.59. The lowest BCUT2D eigenvalue weighted by Gasteiger charge is -2.02. The van der Waals surface area contributed by atoms with Crippen molar-refractivity contribution in [3.8, 4) is 5.88 Å². The van der Waals surface area contributed by atoms with E-state index in [-0.39, 0.29) is 17.0 Å². The molecule has 1 rings (SSSR count). The summed E-state index contributed by atoms with van der Waals surface area (Å²) in [6, 6.07) is 1.05. The van der Waals surface area contributed by atoms with Gasteiger partial charge in [-0.25, -0.2) is 4.98 Å². The summed E-state index contributed by atoms with van der Waals surface area (Å²) in [6.07, 6.45) is 0. The van der Waals surface area contributed by atoms with Gasteiger partial charge in [-0.2, -0.15) is 13.8 Å². The molecule has 0 atom stereocenters. The molecule has 0 unspecified atom stereocenters. The lowest BCUT2D eigenvalue weighted by atomic mass is 10.6. The van der Waals surface area contributed by atoms with Gasteiger partial charge in [-0.05, 0) is 0 Å². The summed E-state index contributed by atoms with van der Waals surface area (Å²) in [4.78, 5) is 6.80. The average Bonchev–Trinajstić information content (AvgIpc) is 1.81. The first-order chi connectivity index (χ1) is 5.58. The molecule has 0 aliphatic heterocycles. The SMILES string of the molecule is Nc1nc(Cl)cc(OC(F)F)n1. The Hall–Kier alpha value is -1.17. The van der Waals surface area contributed by atoms with Crippen LogP contribution in [0.4, 0.5) is 14.7 Å². The monoisotopic (exact) mass is 195 g/mol. The van der Waals surface area contributed by atoms with E-state index in [0.29, 0.717) is 0 Å². The number of nitrogens with two attached hydrogens (primary N) is 1. The molecule has 0 amide bonds. The van der Waals surface area contributed by atoms with Crippen LogP contribution in [0.15, 0.2) is 6.07 Å². The Bertz CT molecular complexity index is 263. The molecule has 0 saturated carbocycles. The van der Waals surface area contributed by atoms with E-state index in [0.717, 1.165) is 6.07 Å². The molecule has 1 aromatic rings. The Morgan fingerprint density at radius 2 is 2.17 bits per heavy atom. The summed E-state index contributed by atoms with van der Waals surface area (Å²) >= 11 is 5.38. The van der Waals surface area contributed by atoms with Gasteiger partial charge in [0, 0.05) is 6.07 Å². The predicted molar refractivity (Wildman–Crippen MR) is 38.1 cm³/mol. The predicted octanol–water partition coefficient (Wildman–Crippen LogP) is 1.31. The van der Waals surface area contributed by atoms with Gasteiger partial charge in [0.15, 0.2) is 0 Å². The van der Waals surface area contributed by atoms with Gasteiger partial charge in [-0.1, -0.05) is 11.6 Å². The lowest BCUT2D eigenvalue weighted by Crippen LogP contribution is -2.05. The van der Waals surface area contributed by atoms with E-state index in [1.54, 1.807) is 0 Å². The molecule has 0 aromatic carbocycles. The molecule has 66 valence electrons. The first kappa shape index (κ1) is 8.92. The van der Waals surface area contributed by atoms with Crippen molar-refractivity contribution in [2.75, 3.05) is 5.73 Å². The van der Waals surface area contributed by atoms with Crippen molar-refractivity contribution in [1.29, 1.82) is 0 Å². The second kappa shape index (κ2) is 3.48. The van der Waals surface area contributed by atoms with Gasteiger partial charge in [0.25, 0.3) is 0 Å². The summed E-state index contributed by atoms with van der Waals surface area (Å²) in [5.41, 5.74) is 5.10. The van der Waals surface area contributed by atoms with Crippen molar-refractivity contribution in [2.45, 2.75) is 6.61 Å². The molecule has 0 aliphatic carbocycles. The fraction of sp³-hybridized carbons (Fsp3) is 0.200. The van der Waals surface area contributed by atoms with Gasteiger partial charge in [0.1, 0.15) is 5.15 Å². The van der Waals surface area contributed by atoms with Gasteiger partial charge >= 0.3 is 6.61 Å². The van der Waals surface area contributed by atoms with Gasteiger partial charge < -0.3 is 10.5 Å². The smallest absolute Gasteiger partial charge is 0.388 e. The number of nitrogens with zero attached hydrogens (tertiary/aromatic N) is 2. The zero-order valence-electron chi connectivity index (χ0n) is 5.67. The standard InChI is InChI=1S/C5H4ClF2N3O/c6-2-1-3(12-4(7)8)11-5(9)10-2/h1,4H,(H2,9,10,11). The summed E-state index contributed by atoms with van der Waals surface area (Å²) < 4.78 is 27.2. The fourth-order valence-electron chi connectivity index (χ4n) is 0.565. The Morgan fingerprint density at radius 3 is 2.67 bits per heavy atom. The number of halogens is 3. The van der Waals surface area contributed by atoms with Gasteiger partial charge in [-0.15, -0.1) is 0 Å². The van der Waals surface area contributed by atoms with Crippen molar-refractivity contribution < 1.29 is 13.5 Å². The Labute approximate surface area is 71.3 Å². The molecule has 1 heterocycles. The highest BCUT2D eigenvalue weighted by molar-refractivity contribution is 6.29. The number of anilines is 1. The van der Waals surface area contributed by atoms with Crippen molar-refractivity contribution in [3.05, 3.63) is 11.2 Å². The van der Waals surface area contributed by atoms with Crippen LogP contribution in [0, 0.1) is 0 Å². The minimum atomic E-state index is -2.95. The van der Waals surface area contributed by atoms with E-state index in [2.05, 4.69) is 14.7 Å². The molecule has 0 bridgehead atoms. The maximum Gasteiger partial charge on any atom is 0.388 e. The summed E-state index contributed by atoms with van der Waals surface area (Å²) in [5, 5.41) is -0.0434. The van der Waals surface area contributed by atoms with Crippen LogP contribution in [0.2, 0.25) is 5.15 Å². The molecular weight excluding hydrogens is 192 g/mol. The zero-order valence-corrected chi connectivity index (χ0v) is 6.42. The topological polar surface area (TPSA) is 61.0 Å². The van der Waals surface area contributed by atoms with Gasteiger partial charge in [0.2, 0.25) is 11.8 Å². The third kappa shape index (κ3) is 2.46. The van der Waals surface area contributed by atoms with E-state index >= 15 is 0 Å². The van der Waals surface area contributed by atoms with Crippen molar-refractivity contribution >= 4 is 17.5 Å². The number of ether oxygens (including phenoxy) is 1. The maximum atomic E-state index is 11.6. The molecule has 4 nitrogen and oxygen atoms in total. The number of hydrogen-bond donors (Lipinski definition) is 1. The molecule has 7 heteroatoms. The average molecular weight is 196 g/mol. The molecule has 1 aromatic heterocycles. The van der Waals surface area contributed by atoms with Crippen LogP contribution in [-0.2, 0) is 0 Å². The van der Waals surface area contributed by atoms with E-state index in [1.807, 2.05) is 0 Å². The van der Waals surface area contributed by atoms with Gasteiger partial charge in [-0.3, -0.25) is 0 Å². The third-order valence-corrected chi connectivity index (χ3v) is 1.09. The minimum Gasteiger partial charge on any atom is -0.417 e. The number of alkyl halides is 2. The molecule has 0 radical (unpaired) electrons. The normalized spacial score (nSPS) is 10.3. The Morgan fingerprint density at radius 1 is 1.50 bits per heavy atom. The number of aromatic nitrogens is 2. The van der Waals surface area contributed by atoms with Crippen LogP contribution in [0.3, 0.4) is 0 Å². The maximum absolute atomic E-state index is 11.6. The van der Waals surface area contributed by atoms with Gasteiger partial charge in [0.05, 0.1) is 0 Å². The fourth-order valence-corrected chi connectivity index (χ4v) is 0.745. The first-order valence-corrected chi connectivity index (χ1v) is 3.20. The van der Waals surface area contributed by atoms with Crippen LogP contribution in [-0.4, -0.2) is 16.6 Å². The number of nitrogen functional groups attached to an aromatic ring is 1. The molecule has 12 heavy (non-hydrogen) atoms. The molecule has 0 fully saturated rings.